The van der Waals surface area contributed by atoms with Gasteiger partial charge < -0.3 is 0 Å². The van der Waals surface area contributed by atoms with Gasteiger partial charge in [0.1, 0.15) is 0 Å². The molecule has 1 saturated heterocycles. The lowest BCUT2D eigenvalue weighted by Gasteiger charge is -2.30. The first-order chi connectivity index (χ1) is 16.2. The van der Waals surface area contributed by atoms with Crippen LogP contribution >= 0.6 is 0 Å². The largest absolute Gasteiger partial charge is 0.274 e. The Morgan fingerprint density at radius 3 is 2.44 bits per heavy atom. The van der Waals surface area contributed by atoms with Crippen molar-refractivity contribution in [2.45, 2.75) is 26.3 Å². The van der Waals surface area contributed by atoms with Crippen LogP contribution in [0.2, 0.25) is 0 Å². The van der Waals surface area contributed by atoms with Gasteiger partial charge in [0, 0.05) is 23.8 Å². The van der Waals surface area contributed by atoms with Crippen LogP contribution in [-0.2, 0) is 16.1 Å². The molecule has 1 aliphatic heterocycles. The number of imide groups is 1. The molecule has 11 heteroatoms. The van der Waals surface area contributed by atoms with Crippen molar-refractivity contribution >= 4 is 29.1 Å². The number of para-hydroxylation sites is 1. The maximum atomic E-state index is 13.5. The molecule has 0 radical (unpaired) electrons. The van der Waals surface area contributed by atoms with Gasteiger partial charge in [0.25, 0.3) is 29.1 Å². The second kappa shape index (κ2) is 8.85. The number of nitro benzene ring substituents is 2. The first-order valence-corrected chi connectivity index (χ1v) is 10.5. The Bertz CT molecular complexity index is 1260. The van der Waals surface area contributed by atoms with Crippen LogP contribution in [0.5, 0.6) is 0 Å². The van der Waals surface area contributed by atoms with Crippen molar-refractivity contribution in [1.82, 2.24) is 10.0 Å². The number of carbonyl (C=O) groups excluding carboxylic acids is 3. The summed E-state index contributed by atoms with van der Waals surface area (Å²) >= 11 is 0. The number of hydrogen-bond donors (Lipinski definition) is 0. The molecule has 0 bridgehead atoms. The number of fused-ring (bicyclic) bond motifs is 1. The Labute approximate surface area is 193 Å². The van der Waals surface area contributed by atoms with Crippen molar-refractivity contribution in [3.05, 3.63) is 91.5 Å². The molecule has 3 amide bonds. The minimum Gasteiger partial charge on any atom is -0.272 e. The van der Waals surface area contributed by atoms with Crippen LogP contribution in [0.25, 0.3) is 0 Å². The van der Waals surface area contributed by atoms with Gasteiger partial charge in [-0.15, -0.1) is 0 Å². The van der Waals surface area contributed by atoms with E-state index in [1.165, 1.54) is 36.4 Å². The van der Waals surface area contributed by atoms with Gasteiger partial charge in [-0.05, 0) is 25.8 Å². The highest BCUT2D eigenvalue weighted by Gasteiger charge is 2.51. The van der Waals surface area contributed by atoms with E-state index in [4.69, 9.17) is 0 Å². The van der Waals surface area contributed by atoms with E-state index in [0.29, 0.717) is 12.8 Å². The number of carbonyl (C=O) groups is 3. The van der Waals surface area contributed by atoms with E-state index in [2.05, 4.69) is 0 Å². The summed E-state index contributed by atoms with van der Waals surface area (Å²) in [6.07, 6.45) is 2.60. The fourth-order valence-corrected chi connectivity index (χ4v) is 4.38. The summed E-state index contributed by atoms with van der Waals surface area (Å²) in [5, 5.41) is 24.4. The zero-order chi connectivity index (χ0) is 24.6. The quantitative estimate of drug-likeness (QED) is 0.276. The molecule has 0 unspecified atom stereocenters. The van der Waals surface area contributed by atoms with Gasteiger partial charge in [0.2, 0.25) is 0 Å². The zero-order valence-corrected chi connectivity index (χ0v) is 18.1. The fraction of sp³-hybridized carbons (Fsp3) is 0.261. The van der Waals surface area contributed by atoms with Crippen LogP contribution in [-0.4, -0.2) is 37.6 Å². The Balaban J connectivity index is 1.78. The number of benzene rings is 2. The predicted octanol–water partition coefficient (Wildman–Crippen LogP) is 3.40. The summed E-state index contributed by atoms with van der Waals surface area (Å²) < 4.78 is 0. The molecule has 2 aliphatic rings. The van der Waals surface area contributed by atoms with Gasteiger partial charge in [-0.2, -0.15) is 5.01 Å². The fourth-order valence-electron chi connectivity index (χ4n) is 4.38. The van der Waals surface area contributed by atoms with Gasteiger partial charge in [0.05, 0.1) is 33.8 Å². The van der Waals surface area contributed by atoms with Crippen LogP contribution in [0, 0.1) is 32.1 Å². The molecule has 174 valence electrons. The maximum absolute atomic E-state index is 13.5. The zero-order valence-electron chi connectivity index (χ0n) is 18.1. The highest BCUT2D eigenvalue weighted by atomic mass is 16.6. The number of allylic oxidation sites excluding steroid dienone is 2. The molecule has 34 heavy (non-hydrogen) atoms. The summed E-state index contributed by atoms with van der Waals surface area (Å²) in [6.45, 7) is 1.41. The lowest BCUT2D eigenvalue weighted by molar-refractivity contribution is -0.385. The van der Waals surface area contributed by atoms with Gasteiger partial charge in [-0.25, -0.2) is 5.01 Å². The predicted molar refractivity (Wildman–Crippen MR) is 118 cm³/mol. The average molecular weight is 464 g/mol. The number of hydrogen-bond acceptors (Lipinski definition) is 7. The average Bonchev–Trinajstić information content (AvgIpc) is 3.06. The Morgan fingerprint density at radius 2 is 1.74 bits per heavy atom. The van der Waals surface area contributed by atoms with Crippen molar-refractivity contribution in [3.8, 4) is 0 Å². The highest BCUT2D eigenvalue weighted by Crippen LogP contribution is 2.39. The van der Waals surface area contributed by atoms with E-state index >= 15 is 0 Å². The second-order valence-corrected chi connectivity index (χ2v) is 8.25. The van der Waals surface area contributed by atoms with E-state index in [-0.39, 0.29) is 22.5 Å². The Morgan fingerprint density at radius 1 is 1.03 bits per heavy atom. The smallest absolute Gasteiger partial charge is 0.272 e. The van der Waals surface area contributed by atoms with Gasteiger partial charge in [-0.1, -0.05) is 35.9 Å². The molecule has 11 nitrogen and oxygen atoms in total. The first-order valence-electron chi connectivity index (χ1n) is 10.5. The van der Waals surface area contributed by atoms with E-state index in [1.54, 1.807) is 6.07 Å². The van der Waals surface area contributed by atoms with Crippen LogP contribution < -0.4 is 0 Å². The number of non-ortho nitro benzene ring substituents is 1. The van der Waals surface area contributed by atoms with E-state index in [1.807, 2.05) is 13.0 Å². The molecule has 1 aliphatic carbocycles. The van der Waals surface area contributed by atoms with Gasteiger partial charge >= 0.3 is 0 Å². The summed E-state index contributed by atoms with van der Waals surface area (Å²) in [5.41, 5.74) is 0.311. The van der Waals surface area contributed by atoms with Crippen LogP contribution in [0.1, 0.15) is 35.7 Å². The topological polar surface area (TPSA) is 144 Å². The SMILES string of the molecule is CC1=CC[C@H]2C(=O)N(N(Cc3ccccc3[N+](=O)[O-])C(=O)c3cccc([N+](=O)[O-])c3)C(=O)[C@H]2C1. The summed E-state index contributed by atoms with van der Waals surface area (Å²) in [7, 11) is 0. The second-order valence-electron chi connectivity index (χ2n) is 8.25. The Hall–Kier alpha value is -4.41. The van der Waals surface area contributed by atoms with E-state index < -0.39 is 45.9 Å². The molecule has 2 atom stereocenters. The number of nitrogens with zero attached hydrogens (tertiary/aromatic N) is 4. The van der Waals surface area contributed by atoms with Crippen molar-refractivity contribution in [1.29, 1.82) is 0 Å². The molecular formula is C23H20N4O7. The molecule has 4 rings (SSSR count). The van der Waals surface area contributed by atoms with Crippen molar-refractivity contribution in [2.75, 3.05) is 0 Å². The number of rotatable bonds is 6. The molecule has 0 N–H and O–H groups in total. The number of amides is 3. The molecule has 2 aromatic carbocycles. The van der Waals surface area contributed by atoms with Gasteiger partial charge in [-0.3, -0.25) is 34.6 Å². The number of nitro groups is 2. The van der Waals surface area contributed by atoms with E-state index in [9.17, 15) is 34.6 Å². The van der Waals surface area contributed by atoms with E-state index in [0.717, 1.165) is 21.7 Å². The summed E-state index contributed by atoms with van der Waals surface area (Å²) in [4.78, 5) is 61.5. The third-order valence-corrected chi connectivity index (χ3v) is 6.09. The maximum Gasteiger partial charge on any atom is 0.274 e. The minimum atomic E-state index is -0.855. The van der Waals surface area contributed by atoms with Crippen LogP contribution in [0.3, 0.4) is 0 Å². The third-order valence-electron chi connectivity index (χ3n) is 6.09. The van der Waals surface area contributed by atoms with Crippen LogP contribution in [0.15, 0.2) is 60.2 Å². The third kappa shape index (κ3) is 4.03. The lowest BCUT2D eigenvalue weighted by Crippen LogP contribution is -2.49. The summed E-state index contributed by atoms with van der Waals surface area (Å²) in [6, 6.07) is 10.6. The van der Waals surface area contributed by atoms with Crippen molar-refractivity contribution in [3.63, 3.8) is 0 Å². The van der Waals surface area contributed by atoms with Crippen molar-refractivity contribution < 1.29 is 24.2 Å². The molecule has 0 aromatic heterocycles. The molecular weight excluding hydrogens is 444 g/mol. The lowest BCUT2D eigenvalue weighted by atomic mass is 9.82. The Kier molecular flexibility index (Phi) is 5.93. The first kappa shape index (κ1) is 22.8. The highest BCUT2D eigenvalue weighted by molar-refractivity contribution is 6.08. The van der Waals surface area contributed by atoms with Crippen LogP contribution in [0.4, 0.5) is 11.4 Å². The monoisotopic (exact) mass is 464 g/mol. The van der Waals surface area contributed by atoms with Gasteiger partial charge in [0.15, 0.2) is 0 Å². The summed E-state index contributed by atoms with van der Waals surface area (Å²) in [5.74, 6) is -3.27. The minimum absolute atomic E-state index is 0.107. The number of hydrazine groups is 1. The molecule has 0 saturated carbocycles. The molecule has 1 heterocycles. The molecule has 0 spiro atoms. The molecule has 2 aromatic rings. The van der Waals surface area contributed by atoms with Crippen molar-refractivity contribution in [2.24, 2.45) is 11.8 Å². The normalized spacial score (nSPS) is 19.4. The standard InChI is InChI=1S/C23H20N4O7/c1-14-9-10-18-19(11-14)23(30)25(22(18)29)24(13-16-5-2-3-8-20(16)27(33)34)21(28)15-6-4-7-17(12-15)26(31)32/h2-9,12,18-19H,10-11,13H2,1H3/t18-,19+/m1/s1. The molecule has 1 fully saturated rings.